The molecule has 26 heavy (non-hydrogen) atoms. The van der Waals surface area contributed by atoms with Crippen LogP contribution in [0.2, 0.25) is 0 Å². The Morgan fingerprint density at radius 3 is 1.46 bits per heavy atom. The summed E-state index contributed by atoms with van der Waals surface area (Å²) >= 11 is 6.75. The highest BCUT2D eigenvalue weighted by atomic mass is 79.9. The summed E-state index contributed by atoms with van der Waals surface area (Å²) in [5.41, 5.74) is 3.48. The van der Waals surface area contributed by atoms with Gasteiger partial charge in [0.15, 0.2) is 11.6 Å². The molecule has 0 aliphatic heterocycles. The van der Waals surface area contributed by atoms with Gasteiger partial charge >= 0.3 is 0 Å². The molecule has 2 aromatic carbocycles. The van der Waals surface area contributed by atoms with Crippen molar-refractivity contribution in [1.82, 2.24) is 9.97 Å². The minimum atomic E-state index is 0.0874. The first-order valence-corrected chi connectivity index (χ1v) is 9.50. The fourth-order valence-corrected chi connectivity index (χ4v) is 3.49. The molecular weight excluding hydrogens is 460 g/mol. The van der Waals surface area contributed by atoms with Crippen LogP contribution in [0.15, 0.2) is 57.7 Å². The van der Waals surface area contributed by atoms with Crippen molar-refractivity contribution in [2.75, 3.05) is 0 Å². The van der Waals surface area contributed by atoms with Crippen LogP contribution in [0.3, 0.4) is 0 Å². The molecule has 0 aliphatic rings. The van der Waals surface area contributed by atoms with E-state index < -0.39 is 0 Å². The van der Waals surface area contributed by atoms with Crippen molar-refractivity contribution in [2.24, 2.45) is 0 Å². The van der Waals surface area contributed by atoms with E-state index in [1.807, 2.05) is 36.4 Å². The quantitative estimate of drug-likeness (QED) is 0.335. The summed E-state index contributed by atoms with van der Waals surface area (Å²) in [6, 6.07) is 11.7. The van der Waals surface area contributed by atoms with E-state index in [0.717, 1.165) is 41.9 Å². The number of Topliss-reactive ketones (excluding diaryl/α,β-unsaturated/α-hetero) is 2. The number of carbonyl (C=O) groups excluding carboxylic acids is 2. The maximum atomic E-state index is 11.2. The highest BCUT2D eigenvalue weighted by Gasteiger charge is 2.08. The lowest BCUT2D eigenvalue weighted by atomic mass is 10.1. The number of aromatic nitrogens is 2. The Kier molecular flexibility index (Phi) is 5.44. The average Bonchev–Trinajstić information content (AvgIpc) is 3.18. The van der Waals surface area contributed by atoms with Gasteiger partial charge in [0.2, 0.25) is 0 Å². The van der Waals surface area contributed by atoms with E-state index in [9.17, 15) is 9.59 Å². The molecule has 0 fully saturated rings. The van der Waals surface area contributed by atoms with Crippen LogP contribution in [0.1, 0.15) is 34.6 Å². The Bertz CT molecular complexity index is 1040. The molecule has 0 spiro atoms. The maximum absolute atomic E-state index is 11.2. The molecule has 0 bridgehead atoms. The van der Waals surface area contributed by atoms with Crippen molar-refractivity contribution in [3.05, 3.63) is 68.9 Å². The molecule has 0 saturated carbocycles. The number of carbonyl (C=O) groups is 2. The smallest absolute Gasteiger partial charge is 0.161 e. The van der Waals surface area contributed by atoms with Gasteiger partial charge in [0.05, 0.1) is 0 Å². The number of nitrogens with one attached hydrogen (secondary N) is 2. The molecule has 4 aromatic rings. The highest BCUT2D eigenvalue weighted by Crippen LogP contribution is 2.23. The fraction of sp³-hybridized carbons (Fsp3) is 0.100. The monoisotopic (exact) mass is 474 g/mol. The van der Waals surface area contributed by atoms with Gasteiger partial charge in [-0.25, -0.2) is 0 Å². The second-order valence-corrected chi connectivity index (χ2v) is 7.73. The third kappa shape index (κ3) is 3.81. The lowest BCUT2D eigenvalue weighted by Crippen LogP contribution is -1.88. The Morgan fingerprint density at radius 2 is 1.12 bits per heavy atom. The van der Waals surface area contributed by atoms with Gasteiger partial charge in [-0.05, 0) is 50.2 Å². The van der Waals surface area contributed by atoms with E-state index in [-0.39, 0.29) is 11.6 Å². The van der Waals surface area contributed by atoms with Gasteiger partial charge in [0.25, 0.3) is 0 Å². The van der Waals surface area contributed by atoms with E-state index in [4.69, 9.17) is 0 Å². The van der Waals surface area contributed by atoms with Gasteiger partial charge in [-0.1, -0.05) is 31.9 Å². The van der Waals surface area contributed by atoms with Crippen LogP contribution in [-0.4, -0.2) is 21.5 Å². The van der Waals surface area contributed by atoms with E-state index >= 15 is 0 Å². The summed E-state index contributed by atoms with van der Waals surface area (Å²) in [5, 5.41) is 1.95. The lowest BCUT2D eigenvalue weighted by Gasteiger charge is -1.93. The molecule has 0 amide bonds. The molecule has 2 aromatic heterocycles. The summed E-state index contributed by atoms with van der Waals surface area (Å²) in [5.74, 6) is 0.175. The van der Waals surface area contributed by atoms with Gasteiger partial charge in [0, 0.05) is 54.3 Å². The van der Waals surface area contributed by atoms with Crippen LogP contribution in [-0.2, 0) is 0 Å². The van der Waals surface area contributed by atoms with Crippen molar-refractivity contribution in [2.45, 2.75) is 13.8 Å². The molecule has 4 nitrogen and oxygen atoms in total. The number of halogens is 2. The first kappa shape index (κ1) is 18.6. The summed E-state index contributed by atoms with van der Waals surface area (Å²) < 4.78 is 1.98. The molecule has 6 heteroatoms. The number of H-pyrrole nitrogens is 2. The zero-order chi connectivity index (χ0) is 18.8. The Hall–Kier alpha value is -2.18. The van der Waals surface area contributed by atoms with E-state index in [1.54, 1.807) is 26.2 Å². The minimum Gasteiger partial charge on any atom is -0.360 e. The maximum Gasteiger partial charge on any atom is 0.161 e. The summed E-state index contributed by atoms with van der Waals surface area (Å²) in [6.07, 6.45) is 3.50. The average molecular weight is 476 g/mol. The number of ketones is 2. The van der Waals surface area contributed by atoms with E-state index in [1.165, 1.54) is 0 Å². The number of benzene rings is 2. The first-order chi connectivity index (χ1) is 12.4. The largest absolute Gasteiger partial charge is 0.360 e. The molecular formula is C20H16Br2N2O2. The molecule has 132 valence electrons. The molecule has 0 atom stereocenters. The van der Waals surface area contributed by atoms with Crippen LogP contribution in [0.5, 0.6) is 0 Å². The number of rotatable bonds is 2. The van der Waals surface area contributed by atoms with Crippen LogP contribution >= 0.6 is 31.9 Å². The lowest BCUT2D eigenvalue weighted by molar-refractivity contribution is 0.101. The molecule has 0 unspecified atom stereocenters. The van der Waals surface area contributed by atoms with Crippen molar-refractivity contribution in [3.8, 4) is 0 Å². The Balaban J connectivity index is 0.000000151. The number of fused-ring (bicyclic) bond motifs is 2. The second kappa shape index (κ2) is 7.60. The molecule has 4 rings (SSSR count). The predicted molar refractivity (Wildman–Crippen MR) is 112 cm³/mol. The summed E-state index contributed by atoms with van der Waals surface area (Å²) in [6.45, 7) is 3.15. The van der Waals surface area contributed by atoms with E-state index in [2.05, 4.69) is 41.8 Å². The van der Waals surface area contributed by atoms with Crippen molar-refractivity contribution in [3.63, 3.8) is 0 Å². The number of aromatic amines is 2. The number of hydrogen-bond donors (Lipinski definition) is 2. The summed E-state index contributed by atoms with van der Waals surface area (Å²) in [4.78, 5) is 28.5. The molecule has 0 saturated heterocycles. The first-order valence-electron chi connectivity index (χ1n) is 7.92. The van der Waals surface area contributed by atoms with Crippen LogP contribution < -0.4 is 0 Å². The van der Waals surface area contributed by atoms with Crippen LogP contribution in [0.25, 0.3) is 21.8 Å². The Morgan fingerprint density at radius 1 is 0.731 bits per heavy atom. The zero-order valence-electron chi connectivity index (χ0n) is 14.2. The van der Waals surface area contributed by atoms with Gasteiger partial charge in [-0.15, -0.1) is 0 Å². The van der Waals surface area contributed by atoms with Crippen LogP contribution in [0, 0.1) is 0 Å². The van der Waals surface area contributed by atoms with Gasteiger partial charge in [0.1, 0.15) is 0 Å². The van der Waals surface area contributed by atoms with Crippen molar-refractivity contribution in [1.29, 1.82) is 0 Å². The standard InChI is InChI=1S/2C10H8BrNO/c2*1-6(13)9-5-12-10-3-2-7(11)4-8(9)10/h2*2-5,12H,1H3. The third-order valence-corrected chi connectivity index (χ3v) is 5.03. The highest BCUT2D eigenvalue weighted by molar-refractivity contribution is 9.10. The van der Waals surface area contributed by atoms with Gasteiger partial charge in [-0.2, -0.15) is 0 Å². The SMILES string of the molecule is CC(=O)c1c[nH]c2ccc(Br)cc12.CC(=O)c1c[nH]c2ccc(Br)cc12. The second-order valence-electron chi connectivity index (χ2n) is 5.90. The molecule has 0 radical (unpaired) electrons. The van der Waals surface area contributed by atoms with Gasteiger partial charge in [-0.3, -0.25) is 9.59 Å². The topological polar surface area (TPSA) is 65.7 Å². The van der Waals surface area contributed by atoms with Crippen molar-refractivity contribution < 1.29 is 9.59 Å². The normalized spacial score (nSPS) is 10.6. The molecule has 2 heterocycles. The fourth-order valence-electron chi connectivity index (χ4n) is 2.77. The zero-order valence-corrected chi connectivity index (χ0v) is 17.4. The molecule has 2 N–H and O–H groups in total. The van der Waals surface area contributed by atoms with E-state index in [0.29, 0.717) is 0 Å². The third-order valence-electron chi connectivity index (χ3n) is 4.05. The van der Waals surface area contributed by atoms with Crippen molar-refractivity contribution >= 4 is 65.2 Å². The predicted octanol–water partition coefficient (Wildman–Crippen LogP) is 6.27. The van der Waals surface area contributed by atoms with Gasteiger partial charge < -0.3 is 9.97 Å². The Labute approximate surface area is 167 Å². The minimum absolute atomic E-state index is 0.0874. The van der Waals surface area contributed by atoms with Crippen LogP contribution in [0.4, 0.5) is 0 Å². The summed E-state index contributed by atoms with van der Waals surface area (Å²) in [7, 11) is 0. The number of hydrogen-bond acceptors (Lipinski definition) is 2. The molecule has 0 aliphatic carbocycles.